The van der Waals surface area contributed by atoms with Gasteiger partial charge in [0.05, 0.1) is 6.61 Å². The molecule has 0 amide bonds. The van der Waals surface area contributed by atoms with E-state index in [0.29, 0.717) is 24.1 Å². The van der Waals surface area contributed by atoms with E-state index in [-0.39, 0.29) is 0 Å². The third-order valence-electron chi connectivity index (χ3n) is 2.06. The van der Waals surface area contributed by atoms with Gasteiger partial charge in [0.15, 0.2) is 0 Å². The van der Waals surface area contributed by atoms with Crippen molar-refractivity contribution in [2.75, 3.05) is 12.3 Å². The number of hydrogen-bond donors (Lipinski definition) is 1. The number of rotatable bonds is 5. The number of hydrogen-bond acceptors (Lipinski definition) is 3. The fourth-order valence-corrected chi connectivity index (χ4v) is 1.31. The van der Waals surface area contributed by atoms with Gasteiger partial charge in [0.25, 0.3) is 0 Å². The van der Waals surface area contributed by atoms with Crippen LogP contribution < -0.4 is 10.5 Å². The van der Waals surface area contributed by atoms with E-state index >= 15 is 0 Å². The third kappa shape index (κ3) is 3.64. The van der Waals surface area contributed by atoms with Crippen molar-refractivity contribution < 1.29 is 4.74 Å². The molecule has 14 heavy (non-hydrogen) atoms. The molecule has 0 aliphatic carbocycles. The normalized spacial score (nSPS) is 12.4. The van der Waals surface area contributed by atoms with Gasteiger partial charge in [-0.3, -0.25) is 0 Å². The van der Waals surface area contributed by atoms with Crippen molar-refractivity contribution >= 4 is 5.69 Å². The van der Waals surface area contributed by atoms with Crippen LogP contribution in [0.2, 0.25) is 0 Å². The minimum Gasteiger partial charge on any atom is -0.477 e. The van der Waals surface area contributed by atoms with Crippen molar-refractivity contribution in [2.45, 2.75) is 26.7 Å². The zero-order valence-electron chi connectivity index (χ0n) is 8.86. The first-order valence-corrected chi connectivity index (χ1v) is 5.06. The predicted molar refractivity (Wildman–Crippen MR) is 58.2 cm³/mol. The van der Waals surface area contributed by atoms with Crippen molar-refractivity contribution in [1.29, 1.82) is 0 Å². The van der Waals surface area contributed by atoms with Gasteiger partial charge in [-0.2, -0.15) is 0 Å². The summed E-state index contributed by atoms with van der Waals surface area (Å²) >= 11 is 0. The first-order chi connectivity index (χ1) is 6.72. The van der Waals surface area contributed by atoms with Crippen molar-refractivity contribution in [3.05, 3.63) is 18.3 Å². The summed E-state index contributed by atoms with van der Waals surface area (Å²) in [7, 11) is 0. The quantitative estimate of drug-likeness (QED) is 0.783. The number of nitrogens with two attached hydrogens (primary N) is 1. The van der Waals surface area contributed by atoms with Crippen LogP contribution in [-0.4, -0.2) is 11.6 Å². The standard InChI is InChI=1S/C11H18N2O/c1-3-4-9(2)8-14-11-7-10(12)5-6-13-11/h5-7,9H,3-4,8H2,1-2H3,(H2,12,13). The molecule has 0 saturated carbocycles. The maximum atomic E-state index is 5.60. The van der Waals surface area contributed by atoms with Gasteiger partial charge >= 0.3 is 0 Å². The third-order valence-corrected chi connectivity index (χ3v) is 2.06. The van der Waals surface area contributed by atoms with Gasteiger partial charge in [-0.05, 0) is 18.4 Å². The Morgan fingerprint density at radius 3 is 3.00 bits per heavy atom. The van der Waals surface area contributed by atoms with E-state index in [2.05, 4.69) is 18.8 Å². The topological polar surface area (TPSA) is 48.1 Å². The molecule has 1 unspecified atom stereocenters. The van der Waals surface area contributed by atoms with Crippen LogP contribution in [-0.2, 0) is 0 Å². The second-order valence-corrected chi connectivity index (χ2v) is 3.63. The highest BCUT2D eigenvalue weighted by molar-refractivity contribution is 5.39. The van der Waals surface area contributed by atoms with Gasteiger partial charge in [-0.25, -0.2) is 4.98 Å². The van der Waals surface area contributed by atoms with Gasteiger partial charge in [-0.15, -0.1) is 0 Å². The Morgan fingerprint density at radius 2 is 2.36 bits per heavy atom. The monoisotopic (exact) mass is 194 g/mol. The van der Waals surface area contributed by atoms with Crippen molar-refractivity contribution in [3.8, 4) is 5.88 Å². The number of nitrogen functional groups attached to an aromatic ring is 1. The van der Waals surface area contributed by atoms with E-state index in [1.807, 2.05) is 0 Å². The fourth-order valence-electron chi connectivity index (χ4n) is 1.31. The highest BCUT2D eigenvalue weighted by Gasteiger charge is 2.02. The Bertz CT molecular complexity index is 276. The van der Waals surface area contributed by atoms with E-state index in [9.17, 15) is 0 Å². The molecule has 3 heteroatoms. The van der Waals surface area contributed by atoms with Crippen LogP contribution in [0.15, 0.2) is 18.3 Å². The molecule has 0 radical (unpaired) electrons. The summed E-state index contributed by atoms with van der Waals surface area (Å²) < 4.78 is 5.51. The first kappa shape index (κ1) is 10.8. The van der Waals surface area contributed by atoms with Crippen LogP contribution >= 0.6 is 0 Å². The van der Waals surface area contributed by atoms with Gasteiger partial charge in [0.2, 0.25) is 5.88 Å². The lowest BCUT2D eigenvalue weighted by Gasteiger charge is -2.11. The van der Waals surface area contributed by atoms with E-state index in [0.717, 1.165) is 0 Å². The molecule has 0 fully saturated rings. The second-order valence-electron chi connectivity index (χ2n) is 3.63. The number of aromatic nitrogens is 1. The lowest BCUT2D eigenvalue weighted by Crippen LogP contribution is -2.09. The van der Waals surface area contributed by atoms with Crippen molar-refractivity contribution in [1.82, 2.24) is 4.98 Å². The molecule has 0 bridgehead atoms. The van der Waals surface area contributed by atoms with Crippen LogP contribution in [0, 0.1) is 5.92 Å². The lowest BCUT2D eigenvalue weighted by atomic mass is 10.1. The van der Waals surface area contributed by atoms with E-state index in [1.54, 1.807) is 18.3 Å². The van der Waals surface area contributed by atoms with Gasteiger partial charge in [0.1, 0.15) is 0 Å². The molecule has 0 spiro atoms. The summed E-state index contributed by atoms with van der Waals surface area (Å²) in [4.78, 5) is 4.07. The molecule has 0 aromatic carbocycles. The Labute approximate surface area is 85.3 Å². The molecular formula is C11H18N2O. The lowest BCUT2D eigenvalue weighted by molar-refractivity contribution is 0.243. The average molecular weight is 194 g/mol. The number of nitrogens with zero attached hydrogens (tertiary/aromatic N) is 1. The molecule has 1 atom stereocenters. The Balaban J connectivity index is 2.37. The molecule has 78 valence electrons. The molecule has 1 rings (SSSR count). The maximum Gasteiger partial charge on any atom is 0.215 e. The van der Waals surface area contributed by atoms with Crippen LogP contribution in [0.25, 0.3) is 0 Å². The molecule has 0 aliphatic heterocycles. The summed E-state index contributed by atoms with van der Waals surface area (Å²) in [5.41, 5.74) is 6.30. The maximum absolute atomic E-state index is 5.60. The van der Waals surface area contributed by atoms with Gasteiger partial charge < -0.3 is 10.5 Å². The average Bonchev–Trinajstić information content (AvgIpc) is 2.15. The van der Waals surface area contributed by atoms with E-state index in [1.165, 1.54) is 12.8 Å². The number of anilines is 1. The van der Waals surface area contributed by atoms with Gasteiger partial charge in [-0.1, -0.05) is 20.3 Å². The second kappa shape index (κ2) is 5.47. The highest BCUT2D eigenvalue weighted by atomic mass is 16.5. The Hall–Kier alpha value is -1.25. The van der Waals surface area contributed by atoms with Crippen molar-refractivity contribution in [2.24, 2.45) is 5.92 Å². The summed E-state index contributed by atoms with van der Waals surface area (Å²) in [6.07, 6.45) is 4.03. The molecular weight excluding hydrogens is 176 g/mol. The minimum atomic E-state index is 0.572. The minimum absolute atomic E-state index is 0.572. The van der Waals surface area contributed by atoms with Gasteiger partial charge in [0, 0.05) is 18.0 Å². The zero-order valence-corrected chi connectivity index (χ0v) is 8.86. The first-order valence-electron chi connectivity index (χ1n) is 5.06. The molecule has 1 aromatic heterocycles. The summed E-state index contributed by atoms with van der Waals surface area (Å²) in [5.74, 6) is 1.19. The van der Waals surface area contributed by atoms with Crippen LogP contribution in [0.4, 0.5) is 5.69 Å². The Morgan fingerprint density at radius 1 is 1.57 bits per heavy atom. The summed E-state index contributed by atoms with van der Waals surface area (Å²) in [6.45, 7) is 5.06. The van der Waals surface area contributed by atoms with E-state index < -0.39 is 0 Å². The summed E-state index contributed by atoms with van der Waals surface area (Å²) in [5, 5.41) is 0. The SMILES string of the molecule is CCCC(C)COc1cc(N)ccn1. The smallest absolute Gasteiger partial charge is 0.215 e. The number of ether oxygens (including phenoxy) is 1. The number of pyridine rings is 1. The van der Waals surface area contributed by atoms with Crippen LogP contribution in [0.5, 0.6) is 5.88 Å². The molecule has 1 heterocycles. The molecule has 0 saturated heterocycles. The fraction of sp³-hybridized carbons (Fsp3) is 0.545. The predicted octanol–water partition coefficient (Wildman–Crippen LogP) is 2.48. The highest BCUT2D eigenvalue weighted by Crippen LogP contribution is 2.13. The molecule has 0 aliphatic rings. The Kier molecular flexibility index (Phi) is 4.23. The van der Waals surface area contributed by atoms with Crippen LogP contribution in [0.3, 0.4) is 0 Å². The summed E-state index contributed by atoms with van der Waals surface area (Å²) in [6, 6.07) is 3.50. The molecule has 2 N–H and O–H groups in total. The zero-order chi connectivity index (χ0) is 10.4. The van der Waals surface area contributed by atoms with Crippen LogP contribution in [0.1, 0.15) is 26.7 Å². The molecule has 3 nitrogen and oxygen atoms in total. The molecule has 1 aromatic rings. The van der Waals surface area contributed by atoms with E-state index in [4.69, 9.17) is 10.5 Å². The van der Waals surface area contributed by atoms with Crippen molar-refractivity contribution in [3.63, 3.8) is 0 Å². The largest absolute Gasteiger partial charge is 0.477 e.